The normalized spacial score (nSPS) is 19.1. The fourth-order valence-corrected chi connectivity index (χ4v) is 6.17. The number of piperidine rings is 1. The van der Waals surface area contributed by atoms with Gasteiger partial charge in [0.25, 0.3) is 11.8 Å². The number of aromatic nitrogens is 3. The summed E-state index contributed by atoms with van der Waals surface area (Å²) in [5.74, 6) is -0.758. The topological polar surface area (TPSA) is 86.9 Å². The Kier molecular flexibility index (Phi) is 6.66. The van der Waals surface area contributed by atoms with Crippen molar-refractivity contribution < 1.29 is 18.4 Å². The molecule has 0 atom stereocenters. The third-order valence-electron chi connectivity index (χ3n) is 8.14. The first-order valence-corrected chi connectivity index (χ1v) is 14.4. The zero-order valence-corrected chi connectivity index (χ0v) is 24.6. The molecule has 9 nitrogen and oxygen atoms in total. The highest BCUT2D eigenvalue weighted by molar-refractivity contribution is 6.18. The summed E-state index contributed by atoms with van der Waals surface area (Å²) in [5, 5.41) is 0. The Bertz CT molecular complexity index is 1610. The third kappa shape index (κ3) is 4.84. The van der Waals surface area contributed by atoms with Gasteiger partial charge in [-0.1, -0.05) is 19.9 Å². The molecule has 0 saturated carbocycles. The third-order valence-corrected chi connectivity index (χ3v) is 8.14. The number of hydrogen-bond acceptors (Lipinski definition) is 6. The van der Waals surface area contributed by atoms with E-state index in [0.29, 0.717) is 60.6 Å². The summed E-state index contributed by atoms with van der Waals surface area (Å²) < 4.78 is 29.8. The number of anilines is 1. The van der Waals surface area contributed by atoms with Crippen LogP contribution in [0.1, 0.15) is 74.0 Å². The van der Waals surface area contributed by atoms with Crippen LogP contribution in [0.15, 0.2) is 41.5 Å². The smallest absolute Gasteiger partial charge is 0.283 e. The van der Waals surface area contributed by atoms with Crippen molar-refractivity contribution in [3.63, 3.8) is 0 Å². The van der Waals surface area contributed by atoms with Crippen LogP contribution in [0.25, 0.3) is 11.4 Å². The molecule has 0 spiro atoms. The Labute approximate surface area is 243 Å². The number of aliphatic imine (C=N–C) groups is 1. The van der Waals surface area contributed by atoms with Crippen molar-refractivity contribution in [3.8, 4) is 11.4 Å². The molecular formula is C31H35F2N7O2. The van der Waals surface area contributed by atoms with E-state index in [1.807, 2.05) is 35.1 Å². The van der Waals surface area contributed by atoms with Crippen LogP contribution < -0.4 is 4.90 Å². The van der Waals surface area contributed by atoms with E-state index in [-0.39, 0.29) is 29.5 Å². The Hall–Kier alpha value is -4.15. The summed E-state index contributed by atoms with van der Waals surface area (Å²) in [6.45, 7) is 12.6. The molecule has 1 fully saturated rings. The zero-order chi connectivity index (χ0) is 30.0. The second-order valence-corrected chi connectivity index (χ2v) is 12.7. The van der Waals surface area contributed by atoms with Crippen molar-refractivity contribution >= 4 is 23.6 Å². The number of nitrogens with zero attached hydrogens (tertiary/aromatic N) is 7. The number of carbonyl (C=O) groups excluding carboxylic acids is 2. The molecule has 3 aromatic rings. The summed E-state index contributed by atoms with van der Waals surface area (Å²) in [6, 6.07) is 7.21. The number of halogens is 2. The quantitative estimate of drug-likeness (QED) is 0.429. The number of imidazole rings is 1. The fraction of sp³-hybridized carbons (Fsp3) is 0.452. The number of pyridine rings is 1. The zero-order valence-electron chi connectivity index (χ0n) is 24.6. The van der Waals surface area contributed by atoms with Crippen molar-refractivity contribution in [2.45, 2.75) is 59.5 Å². The average molecular weight is 576 g/mol. The van der Waals surface area contributed by atoms with Gasteiger partial charge in [-0.15, -0.1) is 0 Å². The predicted molar refractivity (Wildman–Crippen MR) is 155 cm³/mol. The second kappa shape index (κ2) is 9.99. The molecule has 6 rings (SSSR count). The number of guanidine groups is 1. The van der Waals surface area contributed by atoms with Gasteiger partial charge in [-0.25, -0.2) is 18.8 Å². The molecule has 42 heavy (non-hydrogen) atoms. The Morgan fingerprint density at radius 2 is 1.83 bits per heavy atom. The van der Waals surface area contributed by atoms with Gasteiger partial charge in [-0.2, -0.15) is 0 Å². The van der Waals surface area contributed by atoms with Gasteiger partial charge in [0.2, 0.25) is 5.96 Å². The number of rotatable bonds is 5. The molecule has 2 amide bonds. The first-order chi connectivity index (χ1) is 19.9. The van der Waals surface area contributed by atoms with Crippen molar-refractivity contribution in [3.05, 3.63) is 65.1 Å². The fourth-order valence-electron chi connectivity index (χ4n) is 6.17. The van der Waals surface area contributed by atoms with Crippen molar-refractivity contribution in [1.29, 1.82) is 0 Å². The standard InChI is InChI=1S/C31H35F2N7O2/c1-6-38-28(42)24-26(40-18-31(4,5)36-29(38)40)39(16-19-8-10-21(32)22(33)14-19)25(35-24)20-9-11-23(34-15-20)27(41)37-13-7-12-30(2,3)17-37/h8-11,14-15H,6-7,12-13,16-18H2,1-5H3. The summed E-state index contributed by atoms with van der Waals surface area (Å²) in [4.78, 5) is 46.5. The molecule has 1 aromatic carbocycles. The lowest BCUT2D eigenvalue weighted by Crippen LogP contribution is -2.51. The SMILES string of the molecule is CCN1C(=O)c2nc(-c3ccc(C(=O)N4CCCC(C)(C)C4)nc3)n(Cc3ccc(F)c(F)c3)c2N2CC(C)(C)N=C12. The van der Waals surface area contributed by atoms with Gasteiger partial charge < -0.3 is 9.47 Å². The van der Waals surface area contributed by atoms with Crippen molar-refractivity contribution in [2.75, 3.05) is 31.1 Å². The minimum atomic E-state index is -0.953. The van der Waals surface area contributed by atoms with Crippen LogP contribution in [0.5, 0.6) is 0 Å². The van der Waals surface area contributed by atoms with Crippen LogP contribution in [-0.2, 0) is 6.54 Å². The van der Waals surface area contributed by atoms with E-state index in [1.54, 1.807) is 23.2 Å². The highest BCUT2D eigenvalue weighted by Gasteiger charge is 2.46. The molecular weight excluding hydrogens is 540 g/mol. The maximum absolute atomic E-state index is 14.2. The molecule has 220 valence electrons. The number of hydrogen-bond donors (Lipinski definition) is 0. The van der Waals surface area contributed by atoms with E-state index in [9.17, 15) is 18.4 Å². The van der Waals surface area contributed by atoms with Crippen LogP contribution in [-0.4, -0.2) is 73.8 Å². The maximum atomic E-state index is 14.2. The van der Waals surface area contributed by atoms with Crippen molar-refractivity contribution in [2.24, 2.45) is 10.4 Å². The molecule has 5 heterocycles. The van der Waals surface area contributed by atoms with Crippen molar-refractivity contribution in [1.82, 2.24) is 24.3 Å². The monoisotopic (exact) mass is 575 g/mol. The predicted octanol–water partition coefficient (Wildman–Crippen LogP) is 4.96. The van der Waals surface area contributed by atoms with E-state index in [1.165, 1.54) is 6.07 Å². The molecule has 11 heteroatoms. The van der Waals surface area contributed by atoms with E-state index in [0.717, 1.165) is 25.0 Å². The number of benzene rings is 1. The van der Waals surface area contributed by atoms with E-state index in [4.69, 9.17) is 9.98 Å². The number of fused-ring (bicyclic) bond motifs is 3. The summed E-state index contributed by atoms with van der Waals surface area (Å²) in [6.07, 6.45) is 3.61. The van der Waals surface area contributed by atoms with E-state index in [2.05, 4.69) is 18.8 Å². The minimum absolute atomic E-state index is 0.0582. The summed E-state index contributed by atoms with van der Waals surface area (Å²) >= 11 is 0. The van der Waals surface area contributed by atoms with E-state index >= 15 is 0 Å². The maximum Gasteiger partial charge on any atom is 0.283 e. The first-order valence-electron chi connectivity index (χ1n) is 14.4. The van der Waals surface area contributed by atoms with Gasteiger partial charge in [0.1, 0.15) is 17.3 Å². The second-order valence-electron chi connectivity index (χ2n) is 12.7. The van der Waals surface area contributed by atoms with Crippen LogP contribution in [0.4, 0.5) is 14.6 Å². The van der Waals surface area contributed by atoms with Crippen LogP contribution in [0.3, 0.4) is 0 Å². The molecule has 0 aliphatic carbocycles. The number of amides is 2. The molecule has 0 N–H and O–H groups in total. The molecule has 2 aromatic heterocycles. The lowest BCUT2D eigenvalue weighted by atomic mass is 9.84. The summed E-state index contributed by atoms with van der Waals surface area (Å²) in [5.41, 5.74) is 1.29. The lowest BCUT2D eigenvalue weighted by Gasteiger charge is -2.37. The lowest BCUT2D eigenvalue weighted by molar-refractivity contribution is 0.0577. The highest BCUT2D eigenvalue weighted by Crippen LogP contribution is 2.38. The van der Waals surface area contributed by atoms with Crippen LogP contribution in [0, 0.1) is 17.0 Å². The van der Waals surface area contributed by atoms with Gasteiger partial charge >= 0.3 is 0 Å². The van der Waals surface area contributed by atoms with Gasteiger partial charge in [-0.3, -0.25) is 24.4 Å². The molecule has 3 aliphatic heterocycles. The van der Waals surface area contributed by atoms with Crippen LogP contribution in [0.2, 0.25) is 0 Å². The molecule has 0 unspecified atom stereocenters. The minimum Gasteiger partial charge on any atom is -0.337 e. The van der Waals surface area contributed by atoms with Gasteiger partial charge in [0.15, 0.2) is 17.3 Å². The first kappa shape index (κ1) is 28.0. The number of likely N-dealkylation sites (tertiary alicyclic amines) is 1. The Balaban J connectivity index is 1.43. The average Bonchev–Trinajstić information content (AvgIpc) is 3.47. The summed E-state index contributed by atoms with van der Waals surface area (Å²) in [7, 11) is 0. The number of carbonyl (C=O) groups is 2. The largest absolute Gasteiger partial charge is 0.337 e. The van der Waals surface area contributed by atoms with Gasteiger partial charge in [0.05, 0.1) is 18.6 Å². The molecule has 0 bridgehead atoms. The van der Waals surface area contributed by atoms with Gasteiger partial charge in [-0.05, 0) is 68.9 Å². The molecule has 1 saturated heterocycles. The molecule has 3 aliphatic rings. The van der Waals surface area contributed by atoms with E-state index < -0.39 is 17.2 Å². The Morgan fingerprint density at radius 3 is 2.50 bits per heavy atom. The van der Waals surface area contributed by atoms with Crippen LogP contribution >= 0.6 is 0 Å². The highest BCUT2D eigenvalue weighted by atomic mass is 19.2. The Morgan fingerprint density at radius 1 is 1.05 bits per heavy atom. The molecule has 0 radical (unpaired) electrons. The van der Waals surface area contributed by atoms with Gasteiger partial charge in [0, 0.05) is 31.4 Å².